The van der Waals surface area contributed by atoms with E-state index < -0.39 is 0 Å². The number of carbonyl (C=O) groups is 2. The lowest BCUT2D eigenvalue weighted by atomic mass is 10.0. The molecular formula is C25H37N3O3. The first kappa shape index (κ1) is 23.2. The molecule has 1 aliphatic rings. The van der Waals surface area contributed by atoms with Gasteiger partial charge in [-0.05, 0) is 43.0 Å². The summed E-state index contributed by atoms with van der Waals surface area (Å²) in [6.45, 7) is 3.77. The van der Waals surface area contributed by atoms with Gasteiger partial charge in [-0.3, -0.25) is 9.59 Å². The summed E-state index contributed by atoms with van der Waals surface area (Å²) in [6, 6.07) is 7.71. The summed E-state index contributed by atoms with van der Waals surface area (Å²) in [5.41, 5.74) is 1.05. The summed E-state index contributed by atoms with van der Waals surface area (Å²) in [7, 11) is 1.98. The lowest BCUT2D eigenvalue weighted by Gasteiger charge is -2.28. The monoisotopic (exact) mass is 427 g/mol. The second-order valence-electron chi connectivity index (χ2n) is 8.80. The van der Waals surface area contributed by atoms with Crippen LogP contribution in [0, 0.1) is 5.92 Å². The molecule has 0 aliphatic heterocycles. The third kappa shape index (κ3) is 7.01. The van der Waals surface area contributed by atoms with Gasteiger partial charge in [0.1, 0.15) is 5.76 Å². The van der Waals surface area contributed by atoms with Crippen molar-refractivity contribution in [3.8, 4) is 0 Å². The van der Waals surface area contributed by atoms with Crippen molar-refractivity contribution >= 4 is 11.8 Å². The van der Waals surface area contributed by atoms with Crippen molar-refractivity contribution in [2.24, 2.45) is 13.0 Å². The number of rotatable bonds is 12. The van der Waals surface area contributed by atoms with Crippen molar-refractivity contribution in [2.45, 2.75) is 71.4 Å². The smallest absolute Gasteiger partial charge is 0.242 e. The lowest BCUT2D eigenvalue weighted by Crippen LogP contribution is -2.43. The van der Waals surface area contributed by atoms with Crippen LogP contribution in [0.3, 0.4) is 0 Å². The Hall–Kier alpha value is -2.50. The molecule has 0 radical (unpaired) electrons. The highest BCUT2D eigenvalue weighted by Crippen LogP contribution is 2.28. The van der Waals surface area contributed by atoms with E-state index in [1.54, 1.807) is 16.1 Å². The van der Waals surface area contributed by atoms with Gasteiger partial charge in [-0.25, -0.2) is 0 Å². The van der Waals surface area contributed by atoms with Crippen molar-refractivity contribution in [1.82, 2.24) is 14.4 Å². The zero-order valence-electron chi connectivity index (χ0n) is 19.1. The maximum Gasteiger partial charge on any atom is 0.242 e. The van der Waals surface area contributed by atoms with Crippen LogP contribution in [-0.4, -0.2) is 39.3 Å². The van der Waals surface area contributed by atoms with E-state index in [1.807, 2.05) is 42.1 Å². The zero-order valence-corrected chi connectivity index (χ0v) is 19.1. The van der Waals surface area contributed by atoms with E-state index in [0.29, 0.717) is 32.0 Å². The fourth-order valence-electron chi connectivity index (χ4n) is 4.37. The first-order valence-electron chi connectivity index (χ1n) is 11.7. The number of hydrogen-bond acceptors (Lipinski definition) is 3. The topological polar surface area (TPSA) is 58.7 Å². The molecule has 6 nitrogen and oxygen atoms in total. The van der Waals surface area contributed by atoms with E-state index in [4.69, 9.17) is 4.42 Å². The lowest BCUT2D eigenvalue weighted by molar-refractivity contribution is -0.141. The van der Waals surface area contributed by atoms with Crippen LogP contribution >= 0.6 is 0 Å². The van der Waals surface area contributed by atoms with Crippen LogP contribution in [0.2, 0.25) is 0 Å². The Morgan fingerprint density at radius 2 is 1.90 bits per heavy atom. The van der Waals surface area contributed by atoms with Crippen molar-refractivity contribution in [3.63, 3.8) is 0 Å². The van der Waals surface area contributed by atoms with E-state index in [2.05, 4.69) is 6.92 Å². The standard InChI is InChI=1S/C25H37N3O3/c1-3-4-16-27(24(29)14-13-21-9-5-6-10-21)20-25(30)28(19-23-12-8-17-31-23)18-22-11-7-15-26(22)2/h7-8,11-12,15,17,21H,3-6,9-10,13-14,16,18-20H2,1-2H3. The van der Waals surface area contributed by atoms with E-state index in [-0.39, 0.29) is 18.4 Å². The molecule has 6 heteroatoms. The van der Waals surface area contributed by atoms with E-state index in [0.717, 1.165) is 30.7 Å². The zero-order chi connectivity index (χ0) is 22.1. The number of nitrogens with zero attached hydrogens (tertiary/aromatic N) is 3. The molecule has 1 aliphatic carbocycles. The van der Waals surface area contributed by atoms with Gasteiger partial charge >= 0.3 is 0 Å². The summed E-state index contributed by atoms with van der Waals surface area (Å²) < 4.78 is 7.51. The number of hydrogen-bond donors (Lipinski definition) is 0. The average molecular weight is 428 g/mol. The van der Waals surface area contributed by atoms with Crippen LogP contribution in [0.15, 0.2) is 41.1 Å². The first-order chi connectivity index (χ1) is 15.1. The highest BCUT2D eigenvalue weighted by atomic mass is 16.3. The first-order valence-corrected chi connectivity index (χ1v) is 11.7. The number of furan rings is 1. The Kier molecular flexibility index (Phi) is 8.80. The van der Waals surface area contributed by atoms with Crippen LogP contribution in [0.25, 0.3) is 0 Å². The molecule has 170 valence electrons. The molecule has 2 amide bonds. The highest BCUT2D eigenvalue weighted by molar-refractivity contribution is 5.84. The van der Waals surface area contributed by atoms with Crippen LogP contribution in [0.4, 0.5) is 0 Å². The molecule has 0 unspecified atom stereocenters. The van der Waals surface area contributed by atoms with E-state index in [9.17, 15) is 9.59 Å². The summed E-state index contributed by atoms with van der Waals surface area (Å²) >= 11 is 0. The molecule has 3 rings (SSSR count). The maximum absolute atomic E-state index is 13.3. The SMILES string of the molecule is CCCCN(CC(=O)N(Cc1ccco1)Cc1cccn1C)C(=O)CCC1CCCC1. The quantitative estimate of drug-likeness (QED) is 0.491. The fraction of sp³-hybridized carbons (Fsp3) is 0.600. The number of aryl methyl sites for hydroxylation is 1. The van der Waals surface area contributed by atoms with Crippen molar-refractivity contribution < 1.29 is 14.0 Å². The van der Waals surface area contributed by atoms with Crippen LogP contribution in [0.1, 0.15) is 69.7 Å². The Balaban J connectivity index is 1.65. The van der Waals surface area contributed by atoms with Gasteiger partial charge in [0.25, 0.3) is 0 Å². The van der Waals surface area contributed by atoms with Gasteiger partial charge in [0.05, 0.1) is 25.9 Å². The van der Waals surface area contributed by atoms with Gasteiger partial charge in [0, 0.05) is 31.9 Å². The van der Waals surface area contributed by atoms with Crippen LogP contribution in [0.5, 0.6) is 0 Å². The maximum atomic E-state index is 13.3. The largest absolute Gasteiger partial charge is 0.467 e. The predicted octanol–water partition coefficient (Wildman–Crippen LogP) is 4.75. The van der Waals surface area contributed by atoms with Gasteiger partial charge in [-0.1, -0.05) is 39.0 Å². The molecule has 0 N–H and O–H groups in total. The van der Waals surface area contributed by atoms with Gasteiger partial charge < -0.3 is 18.8 Å². The molecular weight excluding hydrogens is 390 g/mol. The summed E-state index contributed by atoms with van der Waals surface area (Å²) in [4.78, 5) is 29.9. The molecule has 0 bridgehead atoms. The van der Waals surface area contributed by atoms with Gasteiger partial charge in [-0.2, -0.15) is 0 Å². The Morgan fingerprint density at radius 3 is 2.55 bits per heavy atom. The van der Waals surface area contributed by atoms with Crippen LogP contribution < -0.4 is 0 Å². The summed E-state index contributed by atoms with van der Waals surface area (Å²) in [6.07, 6.45) is 12.1. The minimum absolute atomic E-state index is 0.0390. The van der Waals surface area contributed by atoms with E-state index >= 15 is 0 Å². The second kappa shape index (κ2) is 11.8. The third-order valence-electron chi connectivity index (χ3n) is 6.39. The van der Waals surface area contributed by atoms with Gasteiger partial charge in [-0.15, -0.1) is 0 Å². The summed E-state index contributed by atoms with van der Waals surface area (Å²) in [5.74, 6) is 1.50. The number of aromatic nitrogens is 1. The van der Waals surface area contributed by atoms with Gasteiger partial charge in [0.15, 0.2) is 0 Å². The minimum Gasteiger partial charge on any atom is -0.467 e. The Morgan fingerprint density at radius 1 is 1.10 bits per heavy atom. The highest BCUT2D eigenvalue weighted by Gasteiger charge is 2.24. The molecule has 31 heavy (non-hydrogen) atoms. The predicted molar refractivity (Wildman–Crippen MR) is 121 cm³/mol. The van der Waals surface area contributed by atoms with E-state index in [1.165, 1.54) is 25.7 Å². The average Bonchev–Trinajstić information content (AvgIpc) is 3.53. The molecule has 1 fully saturated rings. The second-order valence-corrected chi connectivity index (χ2v) is 8.80. The molecule has 2 aromatic heterocycles. The molecule has 0 aromatic carbocycles. The van der Waals surface area contributed by atoms with Crippen molar-refractivity contribution in [2.75, 3.05) is 13.1 Å². The molecule has 0 spiro atoms. The number of carbonyl (C=O) groups excluding carboxylic acids is 2. The number of amides is 2. The molecule has 0 saturated heterocycles. The molecule has 2 aromatic rings. The number of unbranched alkanes of at least 4 members (excludes halogenated alkanes) is 1. The van der Waals surface area contributed by atoms with Gasteiger partial charge in [0.2, 0.25) is 11.8 Å². The van der Waals surface area contributed by atoms with Crippen molar-refractivity contribution in [3.05, 3.63) is 48.2 Å². The fourth-order valence-corrected chi connectivity index (χ4v) is 4.37. The van der Waals surface area contributed by atoms with Crippen LogP contribution in [-0.2, 0) is 29.7 Å². The minimum atomic E-state index is -0.0390. The van der Waals surface area contributed by atoms with Crippen molar-refractivity contribution in [1.29, 1.82) is 0 Å². The normalized spacial score (nSPS) is 14.1. The molecule has 0 atom stereocenters. The molecule has 2 heterocycles. The Bertz CT molecular complexity index is 806. The molecule has 1 saturated carbocycles. The Labute approximate surface area is 186 Å². The third-order valence-corrected chi connectivity index (χ3v) is 6.39. The summed E-state index contributed by atoms with van der Waals surface area (Å²) in [5, 5.41) is 0.